The summed E-state index contributed by atoms with van der Waals surface area (Å²) in [5, 5.41) is 2.90. The second-order valence-electron chi connectivity index (χ2n) is 5.26. The molecule has 2 rings (SSSR count). The third-order valence-electron chi connectivity index (χ3n) is 3.68. The molecule has 1 aromatic heterocycles. The van der Waals surface area contributed by atoms with E-state index in [-0.39, 0.29) is 11.9 Å². The molecule has 124 valence electrons. The smallest absolute Gasteiger partial charge is 0.330 e. The zero-order valence-electron chi connectivity index (χ0n) is 13.3. The number of hydrogen-bond acceptors (Lipinski definition) is 6. The Morgan fingerprint density at radius 1 is 1.39 bits per heavy atom. The lowest BCUT2D eigenvalue weighted by atomic mass is 10.0. The topological polar surface area (TPSA) is 84.4 Å². The molecule has 0 aliphatic carbocycles. The van der Waals surface area contributed by atoms with Crippen molar-refractivity contribution in [2.75, 3.05) is 25.1 Å². The van der Waals surface area contributed by atoms with Crippen molar-refractivity contribution in [3.05, 3.63) is 30.6 Å². The van der Waals surface area contributed by atoms with Gasteiger partial charge in [-0.25, -0.2) is 14.8 Å². The predicted octanol–water partition coefficient (Wildman–Crippen LogP) is 1.07. The standard InChI is InChI=1S/C16H22N4O3/c1-23-14(21)8-2-4-9-17-15(22)13-7-3-5-12-20(13)16-18-10-6-11-19-16/h2,6,8,10-11,13H,3-5,7,9,12H2,1H3,(H,17,22)/b8-2+. The van der Waals surface area contributed by atoms with Crippen LogP contribution in [0.15, 0.2) is 30.6 Å². The first-order valence-corrected chi connectivity index (χ1v) is 7.78. The first-order chi connectivity index (χ1) is 11.2. The van der Waals surface area contributed by atoms with E-state index in [1.807, 2.05) is 4.90 Å². The van der Waals surface area contributed by atoms with Crippen molar-refractivity contribution in [1.29, 1.82) is 0 Å². The summed E-state index contributed by atoms with van der Waals surface area (Å²) in [7, 11) is 1.33. The Kier molecular flexibility index (Phi) is 6.53. The van der Waals surface area contributed by atoms with Crippen molar-refractivity contribution in [2.24, 2.45) is 0 Å². The summed E-state index contributed by atoms with van der Waals surface area (Å²) in [6.07, 6.45) is 9.83. The number of rotatable bonds is 6. The monoisotopic (exact) mass is 318 g/mol. The van der Waals surface area contributed by atoms with Crippen LogP contribution in [0, 0.1) is 0 Å². The van der Waals surface area contributed by atoms with Crippen LogP contribution < -0.4 is 10.2 Å². The molecule has 1 saturated heterocycles. The number of carbonyl (C=O) groups excluding carboxylic acids is 2. The summed E-state index contributed by atoms with van der Waals surface area (Å²) in [5.74, 6) is 0.178. The van der Waals surface area contributed by atoms with Gasteiger partial charge in [-0.2, -0.15) is 0 Å². The van der Waals surface area contributed by atoms with E-state index in [1.54, 1.807) is 24.5 Å². The fourth-order valence-electron chi connectivity index (χ4n) is 2.53. The van der Waals surface area contributed by atoms with Crippen LogP contribution in [-0.4, -0.2) is 48.1 Å². The number of piperidine rings is 1. The normalized spacial score (nSPS) is 18.0. The molecule has 1 unspecified atom stereocenters. The van der Waals surface area contributed by atoms with Gasteiger partial charge in [0.15, 0.2) is 0 Å². The Bertz CT molecular complexity index is 548. The van der Waals surface area contributed by atoms with E-state index in [0.29, 0.717) is 18.9 Å². The zero-order chi connectivity index (χ0) is 16.5. The summed E-state index contributed by atoms with van der Waals surface area (Å²) in [6.45, 7) is 1.26. The maximum Gasteiger partial charge on any atom is 0.330 e. The molecule has 2 heterocycles. The number of methoxy groups -OCH3 is 1. The second kappa shape index (κ2) is 8.87. The Morgan fingerprint density at radius 3 is 2.91 bits per heavy atom. The first-order valence-electron chi connectivity index (χ1n) is 7.78. The fourth-order valence-corrected chi connectivity index (χ4v) is 2.53. The quantitative estimate of drug-likeness (QED) is 0.480. The van der Waals surface area contributed by atoms with E-state index in [4.69, 9.17) is 0 Å². The number of nitrogens with one attached hydrogen (secondary N) is 1. The van der Waals surface area contributed by atoms with Gasteiger partial charge in [-0.3, -0.25) is 4.79 Å². The van der Waals surface area contributed by atoms with Gasteiger partial charge in [-0.1, -0.05) is 6.08 Å². The molecule has 7 heteroatoms. The second-order valence-corrected chi connectivity index (χ2v) is 5.26. The maximum absolute atomic E-state index is 12.4. The molecule has 0 saturated carbocycles. The van der Waals surface area contributed by atoms with E-state index < -0.39 is 5.97 Å². The third kappa shape index (κ3) is 5.05. The number of amides is 1. The summed E-state index contributed by atoms with van der Waals surface area (Å²) in [4.78, 5) is 33.8. The molecule has 1 N–H and O–H groups in total. The van der Waals surface area contributed by atoms with E-state index in [1.165, 1.54) is 13.2 Å². The molecule has 1 aliphatic heterocycles. The zero-order valence-corrected chi connectivity index (χ0v) is 13.3. The van der Waals surface area contributed by atoms with Crippen LogP contribution in [0.3, 0.4) is 0 Å². The molecular formula is C16H22N4O3. The Labute approximate surface area is 135 Å². The van der Waals surface area contributed by atoms with Gasteiger partial charge in [0.05, 0.1) is 7.11 Å². The number of esters is 1. The summed E-state index contributed by atoms with van der Waals surface area (Å²) >= 11 is 0. The molecule has 1 aliphatic rings. The van der Waals surface area contributed by atoms with Gasteiger partial charge in [0, 0.05) is 31.6 Å². The summed E-state index contributed by atoms with van der Waals surface area (Å²) < 4.78 is 4.50. The molecule has 1 atom stereocenters. The van der Waals surface area contributed by atoms with E-state index in [2.05, 4.69) is 20.0 Å². The molecule has 0 radical (unpaired) electrons. The Balaban J connectivity index is 1.86. The van der Waals surface area contributed by atoms with Gasteiger partial charge in [-0.05, 0) is 31.7 Å². The van der Waals surface area contributed by atoms with Gasteiger partial charge in [-0.15, -0.1) is 0 Å². The first kappa shape index (κ1) is 16.9. The highest BCUT2D eigenvalue weighted by Crippen LogP contribution is 2.21. The maximum atomic E-state index is 12.4. The Morgan fingerprint density at radius 2 is 2.17 bits per heavy atom. The largest absolute Gasteiger partial charge is 0.466 e. The minimum atomic E-state index is -0.393. The van der Waals surface area contributed by atoms with Crippen LogP contribution >= 0.6 is 0 Å². The van der Waals surface area contributed by atoms with Gasteiger partial charge in [0.25, 0.3) is 0 Å². The van der Waals surface area contributed by atoms with Crippen LogP contribution in [0.2, 0.25) is 0 Å². The molecular weight excluding hydrogens is 296 g/mol. The SMILES string of the molecule is COC(=O)/C=C/CCNC(=O)C1CCCCN1c1ncccn1. The van der Waals surface area contributed by atoms with E-state index >= 15 is 0 Å². The van der Waals surface area contributed by atoms with Crippen molar-refractivity contribution < 1.29 is 14.3 Å². The van der Waals surface area contributed by atoms with Crippen molar-refractivity contribution in [1.82, 2.24) is 15.3 Å². The van der Waals surface area contributed by atoms with Gasteiger partial charge in [0.1, 0.15) is 6.04 Å². The van der Waals surface area contributed by atoms with Gasteiger partial charge < -0.3 is 15.0 Å². The molecule has 1 aromatic rings. The number of anilines is 1. The highest BCUT2D eigenvalue weighted by Gasteiger charge is 2.29. The van der Waals surface area contributed by atoms with Crippen LogP contribution in [0.4, 0.5) is 5.95 Å². The van der Waals surface area contributed by atoms with Crippen LogP contribution in [0.25, 0.3) is 0 Å². The van der Waals surface area contributed by atoms with Crippen LogP contribution in [0.5, 0.6) is 0 Å². The van der Waals surface area contributed by atoms with Crippen LogP contribution in [-0.2, 0) is 14.3 Å². The van der Waals surface area contributed by atoms with Crippen molar-refractivity contribution in [3.63, 3.8) is 0 Å². The average molecular weight is 318 g/mol. The van der Waals surface area contributed by atoms with E-state index in [0.717, 1.165) is 25.8 Å². The van der Waals surface area contributed by atoms with Gasteiger partial charge >= 0.3 is 5.97 Å². The highest BCUT2D eigenvalue weighted by molar-refractivity contribution is 5.85. The number of carbonyl (C=O) groups is 2. The molecule has 1 fully saturated rings. The van der Waals surface area contributed by atoms with Crippen LogP contribution in [0.1, 0.15) is 25.7 Å². The molecule has 0 spiro atoms. The predicted molar refractivity (Wildman–Crippen MR) is 85.8 cm³/mol. The molecule has 0 bridgehead atoms. The minimum absolute atomic E-state index is 0.0244. The lowest BCUT2D eigenvalue weighted by molar-refractivity contribution is -0.134. The molecule has 0 aromatic carbocycles. The minimum Gasteiger partial charge on any atom is -0.466 e. The molecule has 23 heavy (non-hydrogen) atoms. The lowest BCUT2D eigenvalue weighted by Gasteiger charge is -2.34. The number of aromatic nitrogens is 2. The third-order valence-corrected chi connectivity index (χ3v) is 3.68. The number of ether oxygens (including phenoxy) is 1. The average Bonchev–Trinajstić information content (AvgIpc) is 2.61. The number of nitrogens with zero attached hydrogens (tertiary/aromatic N) is 3. The lowest BCUT2D eigenvalue weighted by Crippen LogP contribution is -2.50. The Hall–Kier alpha value is -2.44. The fraction of sp³-hybridized carbons (Fsp3) is 0.500. The molecule has 1 amide bonds. The number of hydrogen-bond donors (Lipinski definition) is 1. The van der Waals surface area contributed by atoms with Crippen molar-refractivity contribution >= 4 is 17.8 Å². The van der Waals surface area contributed by atoms with Crippen molar-refractivity contribution in [3.8, 4) is 0 Å². The summed E-state index contributed by atoms with van der Waals surface area (Å²) in [6, 6.07) is 1.52. The van der Waals surface area contributed by atoms with Gasteiger partial charge in [0.2, 0.25) is 11.9 Å². The molecule has 7 nitrogen and oxygen atoms in total. The highest BCUT2D eigenvalue weighted by atomic mass is 16.5. The summed E-state index contributed by atoms with van der Waals surface area (Å²) in [5.41, 5.74) is 0. The van der Waals surface area contributed by atoms with E-state index in [9.17, 15) is 9.59 Å². The van der Waals surface area contributed by atoms with Crippen molar-refractivity contribution in [2.45, 2.75) is 31.7 Å².